The molecule has 0 saturated carbocycles. The summed E-state index contributed by atoms with van der Waals surface area (Å²) in [6.45, 7) is 3.08. The third-order valence-electron chi connectivity index (χ3n) is 5.88. The molecule has 0 aliphatic carbocycles. The van der Waals surface area contributed by atoms with Crippen molar-refractivity contribution in [2.75, 3.05) is 18.5 Å². The predicted molar refractivity (Wildman–Crippen MR) is 125 cm³/mol. The van der Waals surface area contributed by atoms with Crippen molar-refractivity contribution in [3.8, 4) is 6.07 Å². The third-order valence-corrected chi connectivity index (χ3v) is 6.60. The van der Waals surface area contributed by atoms with Crippen molar-refractivity contribution in [3.05, 3.63) is 57.6 Å². The number of guanidine groups is 1. The van der Waals surface area contributed by atoms with Crippen LogP contribution in [0.3, 0.4) is 0 Å². The summed E-state index contributed by atoms with van der Waals surface area (Å²) in [6, 6.07) is 12.6. The molecule has 0 unspecified atom stereocenters. The molecule has 2 aliphatic rings. The van der Waals surface area contributed by atoms with Gasteiger partial charge in [-0.05, 0) is 44.0 Å². The largest absolute Gasteiger partial charge is 0.381 e. The van der Waals surface area contributed by atoms with Crippen molar-refractivity contribution in [1.29, 1.82) is 5.26 Å². The second-order valence-electron chi connectivity index (χ2n) is 8.13. The fraction of sp³-hybridized carbons (Fsp3) is 0.348. The van der Waals surface area contributed by atoms with Crippen LogP contribution < -0.4 is 11.1 Å². The quantitative estimate of drug-likeness (QED) is 0.680. The topological polar surface area (TPSA) is 104 Å². The molecule has 0 spiro atoms. The lowest BCUT2D eigenvalue weighted by Crippen LogP contribution is -2.55. The maximum absolute atomic E-state index is 13.1. The average molecular weight is 472 g/mol. The van der Waals surface area contributed by atoms with Crippen LogP contribution in [0.25, 0.3) is 0 Å². The summed E-state index contributed by atoms with van der Waals surface area (Å²) in [6.07, 6.45) is 1.65. The van der Waals surface area contributed by atoms with Gasteiger partial charge in [0.15, 0.2) is 5.96 Å². The molecular formula is C23H23Cl2N5O2. The van der Waals surface area contributed by atoms with Gasteiger partial charge in [0.25, 0.3) is 0 Å². The van der Waals surface area contributed by atoms with E-state index in [9.17, 15) is 4.79 Å². The molecule has 1 fully saturated rings. The first kappa shape index (κ1) is 22.4. The first-order valence-electron chi connectivity index (χ1n) is 10.3. The minimum Gasteiger partial charge on any atom is -0.381 e. The Labute approximate surface area is 196 Å². The molecule has 0 aromatic heterocycles. The highest BCUT2D eigenvalue weighted by atomic mass is 35.5. The monoisotopic (exact) mass is 471 g/mol. The van der Waals surface area contributed by atoms with Gasteiger partial charge in [0.05, 0.1) is 33.3 Å². The van der Waals surface area contributed by atoms with Crippen LogP contribution >= 0.6 is 23.2 Å². The number of carbonyl (C=O) groups is 1. The molecule has 7 nitrogen and oxygen atoms in total. The van der Waals surface area contributed by atoms with Crippen molar-refractivity contribution in [3.63, 3.8) is 0 Å². The Hall–Kier alpha value is -2.79. The van der Waals surface area contributed by atoms with Gasteiger partial charge in [-0.1, -0.05) is 35.3 Å². The number of carbonyl (C=O) groups excluding carboxylic acids is 1. The standard InChI is InChI=1S/C23H23Cl2N5O2/c1-23(12-20(31)30(22(27)29-23)16-7-9-32-10-8-16)17-3-2-4-19(21(17)25)28-15-6-5-14(13-26)18(24)11-15/h2-6,11,16,28H,7-10,12H2,1H3,(H2,27,29)/t23-/m0/s1. The van der Waals surface area contributed by atoms with Crippen molar-refractivity contribution in [2.24, 2.45) is 10.7 Å². The lowest BCUT2D eigenvalue weighted by molar-refractivity contribution is -0.132. The van der Waals surface area contributed by atoms with Crippen molar-refractivity contribution >= 4 is 46.4 Å². The summed E-state index contributed by atoms with van der Waals surface area (Å²) in [5.74, 6) is 0.143. The number of ether oxygens (including phenoxy) is 1. The fourth-order valence-corrected chi connectivity index (χ4v) is 4.83. The van der Waals surface area contributed by atoms with Crippen LogP contribution in [0.5, 0.6) is 0 Å². The van der Waals surface area contributed by atoms with Crippen LogP contribution in [0.1, 0.15) is 37.3 Å². The minimum atomic E-state index is -0.889. The van der Waals surface area contributed by atoms with Gasteiger partial charge in [-0.3, -0.25) is 9.69 Å². The number of hydrogen-bond acceptors (Lipinski definition) is 6. The molecule has 3 N–H and O–H groups in total. The Balaban J connectivity index is 1.64. The molecule has 9 heteroatoms. The van der Waals surface area contributed by atoms with Gasteiger partial charge in [-0.2, -0.15) is 5.26 Å². The molecule has 0 bridgehead atoms. The van der Waals surface area contributed by atoms with Crippen molar-refractivity contribution in [1.82, 2.24) is 4.90 Å². The maximum Gasteiger partial charge on any atom is 0.232 e. The number of hydrogen-bond donors (Lipinski definition) is 2. The summed E-state index contributed by atoms with van der Waals surface area (Å²) < 4.78 is 5.40. The minimum absolute atomic E-state index is 0.00848. The summed E-state index contributed by atoms with van der Waals surface area (Å²) in [4.78, 5) is 19.4. The zero-order chi connectivity index (χ0) is 22.9. The summed E-state index contributed by atoms with van der Waals surface area (Å²) in [5.41, 5.74) is 7.81. The zero-order valence-corrected chi connectivity index (χ0v) is 19.1. The van der Waals surface area contributed by atoms with Gasteiger partial charge < -0.3 is 15.8 Å². The number of anilines is 2. The number of halogens is 2. The molecule has 0 radical (unpaired) electrons. The summed E-state index contributed by atoms with van der Waals surface area (Å²) in [5, 5.41) is 13.1. The van der Waals surface area contributed by atoms with Gasteiger partial charge in [0, 0.05) is 30.5 Å². The van der Waals surface area contributed by atoms with E-state index in [1.54, 1.807) is 23.1 Å². The summed E-state index contributed by atoms with van der Waals surface area (Å²) >= 11 is 12.9. The van der Waals surface area contributed by atoms with E-state index in [4.69, 9.17) is 43.9 Å². The van der Waals surface area contributed by atoms with Gasteiger partial charge >= 0.3 is 0 Å². The van der Waals surface area contributed by atoms with Gasteiger partial charge in [-0.25, -0.2) is 4.99 Å². The van der Waals surface area contributed by atoms with Crippen LogP contribution in [0.4, 0.5) is 11.4 Å². The highest BCUT2D eigenvalue weighted by Crippen LogP contribution is 2.41. The molecule has 2 aliphatic heterocycles. The van der Waals surface area contributed by atoms with E-state index in [1.807, 2.05) is 31.2 Å². The molecule has 2 aromatic rings. The van der Waals surface area contributed by atoms with Gasteiger partial charge in [0.2, 0.25) is 5.91 Å². The average Bonchev–Trinajstić information content (AvgIpc) is 2.75. The first-order valence-corrected chi connectivity index (χ1v) is 11.1. The molecule has 1 atom stereocenters. The van der Waals surface area contributed by atoms with Gasteiger partial charge in [-0.15, -0.1) is 0 Å². The van der Waals surface area contributed by atoms with Crippen LogP contribution in [0.2, 0.25) is 10.0 Å². The highest BCUT2D eigenvalue weighted by Gasteiger charge is 2.41. The Kier molecular flexibility index (Phi) is 6.29. The second-order valence-corrected chi connectivity index (χ2v) is 8.91. The number of nitrogens with zero attached hydrogens (tertiary/aromatic N) is 3. The number of rotatable bonds is 4. The van der Waals surface area contributed by atoms with Gasteiger partial charge in [0.1, 0.15) is 6.07 Å². The molecule has 1 amide bonds. The van der Waals surface area contributed by atoms with E-state index in [0.29, 0.717) is 45.8 Å². The maximum atomic E-state index is 13.1. The number of nitrogens with one attached hydrogen (secondary N) is 1. The van der Waals surface area contributed by atoms with Crippen molar-refractivity contribution < 1.29 is 9.53 Å². The molecule has 1 saturated heterocycles. The number of amides is 1. The van der Waals surface area contributed by atoms with E-state index in [1.165, 1.54) is 0 Å². The Morgan fingerprint density at radius 1 is 1.28 bits per heavy atom. The van der Waals surface area contributed by atoms with E-state index in [0.717, 1.165) is 12.8 Å². The number of benzene rings is 2. The number of aliphatic imine (C=N–C) groups is 1. The Morgan fingerprint density at radius 3 is 2.69 bits per heavy atom. The SMILES string of the molecule is C[C@@]1(c2cccc(Nc3ccc(C#N)c(Cl)c3)c2Cl)CC(=O)N(C2CCOCC2)C(N)=N1. The predicted octanol–water partition coefficient (Wildman–Crippen LogP) is 4.55. The molecule has 2 heterocycles. The highest BCUT2D eigenvalue weighted by molar-refractivity contribution is 6.34. The molecule has 4 rings (SSSR count). The van der Waals surface area contributed by atoms with E-state index >= 15 is 0 Å². The molecular weight excluding hydrogens is 449 g/mol. The Morgan fingerprint density at radius 2 is 2.03 bits per heavy atom. The summed E-state index contributed by atoms with van der Waals surface area (Å²) in [7, 11) is 0. The lowest BCUT2D eigenvalue weighted by Gasteiger charge is -2.40. The van der Waals surface area contributed by atoms with Crippen molar-refractivity contribution in [2.45, 2.75) is 37.8 Å². The van der Waals surface area contributed by atoms with Crippen LogP contribution in [0, 0.1) is 11.3 Å². The molecule has 32 heavy (non-hydrogen) atoms. The van der Waals surface area contributed by atoms with E-state index in [2.05, 4.69) is 5.32 Å². The second kappa shape index (κ2) is 8.99. The third kappa shape index (κ3) is 4.26. The lowest BCUT2D eigenvalue weighted by atomic mass is 9.86. The Bertz CT molecular complexity index is 1120. The molecule has 166 valence electrons. The molecule has 2 aromatic carbocycles. The first-order chi connectivity index (χ1) is 15.3. The van der Waals surface area contributed by atoms with Crippen LogP contribution in [0.15, 0.2) is 41.4 Å². The number of nitrogens with two attached hydrogens (primary N) is 1. The van der Waals surface area contributed by atoms with E-state index in [-0.39, 0.29) is 24.3 Å². The fourth-order valence-electron chi connectivity index (χ4n) is 4.23. The van der Waals surface area contributed by atoms with Crippen LogP contribution in [-0.2, 0) is 15.1 Å². The smallest absolute Gasteiger partial charge is 0.232 e. The number of nitriles is 1. The van der Waals surface area contributed by atoms with E-state index < -0.39 is 5.54 Å². The van der Waals surface area contributed by atoms with Crippen LogP contribution in [-0.4, -0.2) is 36.0 Å². The normalized spacial score (nSPS) is 21.8. The zero-order valence-electron chi connectivity index (χ0n) is 17.6.